The van der Waals surface area contributed by atoms with Crippen molar-refractivity contribution in [3.8, 4) is 0 Å². The average Bonchev–Trinajstić information content (AvgIpc) is 2.66. The molecule has 1 amide bonds. The number of hydrogen-bond acceptors (Lipinski definition) is 7. The monoisotopic (exact) mass is 473 g/mol. The number of esters is 2. The van der Waals surface area contributed by atoms with Crippen molar-refractivity contribution >= 4 is 67.0 Å². The number of halogens is 1. The average molecular weight is 474 g/mol. The molecule has 0 bridgehead atoms. The number of nitro groups is 1. The second-order valence-electron chi connectivity index (χ2n) is 5.63. The SMILES string of the molecule is [3H][B][S@](=S)C1[C@@H](Br)C(=O)N1[C@H](C(=C)C)C(=O)OC(=O)c1ccc([N+](=O)[O-])cc1. The quantitative estimate of drug-likeness (QED) is 0.0851. The van der Waals surface area contributed by atoms with E-state index in [0.717, 1.165) is 36.3 Å². The van der Waals surface area contributed by atoms with Crippen LogP contribution in [0, 0.1) is 10.1 Å². The number of non-ortho nitro benzene ring substituents is 1. The summed E-state index contributed by atoms with van der Waals surface area (Å²) >= 11 is 8.35. The molecule has 1 aliphatic heterocycles. The highest BCUT2D eigenvalue weighted by Gasteiger charge is 2.52. The summed E-state index contributed by atoms with van der Waals surface area (Å²) in [6, 6.07) is 3.28. The minimum atomic E-state index is -1.24. The van der Waals surface area contributed by atoms with Crippen molar-refractivity contribution in [1.29, 1.82) is 1.34 Å². The number of hydrogen-bond donors (Lipinski definition) is 0. The third kappa shape index (κ3) is 4.33. The zero-order valence-corrected chi connectivity index (χ0v) is 17.1. The lowest BCUT2D eigenvalue weighted by Crippen LogP contribution is -2.68. The van der Waals surface area contributed by atoms with Gasteiger partial charge in [-0.05, 0) is 26.0 Å². The maximum absolute atomic E-state index is 12.6. The third-order valence-corrected chi connectivity index (χ3v) is 6.54. The Morgan fingerprint density at radius 1 is 1.52 bits per heavy atom. The lowest BCUT2D eigenvalue weighted by Gasteiger charge is -2.48. The maximum Gasteiger partial charge on any atom is 0.345 e. The molecule has 1 aliphatic rings. The summed E-state index contributed by atoms with van der Waals surface area (Å²) in [4.78, 5) is 47.6. The van der Waals surface area contributed by atoms with Gasteiger partial charge in [0, 0.05) is 12.1 Å². The molecule has 27 heavy (non-hydrogen) atoms. The molecule has 0 aromatic heterocycles. The Hall–Kier alpha value is -1.92. The first-order chi connectivity index (χ1) is 13.1. The fourth-order valence-electron chi connectivity index (χ4n) is 2.43. The molecule has 0 saturated carbocycles. The Balaban J connectivity index is 2.20. The van der Waals surface area contributed by atoms with E-state index in [0.29, 0.717) is 0 Å². The van der Waals surface area contributed by atoms with Gasteiger partial charge in [0.2, 0.25) is 5.91 Å². The van der Waals surface area contributed by atoms with Crippen molar-refractivity contribution in [2.45, 2.75) is 23.2 Å². The van der Waals surface area contributed by atoms with Crippen molar-refractivity contribution in [2.24, 2.45) is 0 Å². The van der Waals surface area contributed by atoms with E-state index in [2.05, 4.69) is 22.5 Å². The molecular weight excluding hydrogens is 459 g/mol. The fraction of sp³-hybridized carbons (Fsp3) is 0.267. The normalized spacial score (nSPS) is 21.3. The minimum Gasteiger partial charge on any atom is -0.388 e. The molecule has 2 rings (SSSR count). The van der Waals surface area contributed by atoms with Gasteiger partial charge in [-0.2, -0.15) is 0 Å². The predicted octanol–water partition coefficient (Wildman–Crippen LogP) is 1.05. The maximum atomic E-state index is 12.6. The van der Waals surface area contributed by atoms with Gasteiger partial charge in [0.1, 0.15) is 4.83 Å². The Kier molecular flexibility index (Phi) is 6.17. The van der Waals surface area contributed by atoms with E-state index in [9.17, 15) is 24.5 Å². The van der Waals surface area contributed by atoms with E-state index >= 15 is 0 Å². The minimum absolute atomic E-state index is 0.0632. The molecule has 1 heterocycles. The van der Waals surface area contributed by atoms with Crippen molar-refractivity contribution in [3.05, 3.63) is 52.1 Å². The van der Waals surface area contributed by atoms with Crippen LogP contribution in [0.2, 0.25) is 0 Å². The molecule has 1 saturated heterocycles. The smallest absolute Gasteiger partial charge is 0.345 e. The highest BCUT2D eigenvalue weighted by atomic mass is 79.9. The molecule has 1 aromatic rings. The number of carbonyl (C=O) groups is 3. The molecule has 0 aliphatic carbocycles. The number of carbonyl (C=O) groups excluding carboxylic acids is 3. The molecule has 1 fully saturated rings. The van der Waals surface area contributed by atoms with E-state index < -0.39 is 48.3 Å². The highest BCUT2D eigenvalue weighted by molar-refractivity contribution is 9.10. The lowest BCUT2D eigenvalue weighted by molar-refractivity contribution is -0.384. The van der Waals surface area contributed by atoms with Gasteiger partial charge in [0.05, 0.1) is 15.9 Å². The van der Waals surface area contributed by atoms with Crippen LogP contribution < -0.4 is 0 Å². The summed E-state index contributed by atoms with van der Waals surface area (Å²) in [6.45, 7) is 5.19. The van der Waals surface area contributed by atoms with E-state index in [1.54, 1.807) is 0 Å². The number of nitro benzene ring substituents is 1. The van der Waals surface area contributed by atoms with Gasteiger partial charge in [0.25, 0.3) is 5.69 Å². The number of benzene rings is 1. The molecule has 0 N–H and O–H groups in total. The lowest BCUT2D eigenvalue weighted by atomic mass is 10.0. The first-order valence-electron chi connectivity index (χ1n) is 7.91. The molecule has 12 heteroatoms. The van der Waals surface area contributed by atoms with E-state index in [1.165, 1.54) is 6.92 Å². The molecule has 141 valence electrons. The summed E-state index contributed by atoms with van der Waals surface area (Å²) in [5, 5.41) is 10.0. The number of ether oxygens (including phenoxy) is 1. The van der Waals surface area contributed by atoms with Crippen LogP contribution in [0.4, 0.5) is 5.69 Å². The van der Waals surface area contributed by atoms with Crippen molar-refractivity contribution in [3.63, 3.8) is 0 Å². The Morgan fingerprint density at radius 2 is 2.11 bits per heavy atom. The number of likely N-dealkylation sites (tertiary alicyclic amines) is 1. The van der Waals surface area contributed by atoms with Gasteiger partial charge in [-0.3, -0.25) is 14.9 Å². The van der Waals surface area contributed by atoms with Gasteiger partial charge in [-0.15, -0.1) is 9.31 Å². The summed E-state index contributed by atoms with van der Waals surface area (Å²) in [5.74, 6) is -2.47. The van der Waals surface area contributed by atoms with E-state index in [1.807, 2.05) is 0 Å². The van der Waals surface area contributed by atoms with Crippen molar-refractivity contribution in [1.82, 2.24) is 4.90 Å². The van der Waals surface area contributed by atoms with Gasteiger partial charge in [-0.25, -0.2) is 9.59 Å². The first kappa shape index (κ1) is 19.8. The molecule has 1 unspecified atom stereocenters. The Morgan fingerprint density at radius 3 is 2.59 bits per heavy atom. The summed E-state index contributed by atoms with van der Waals surface area (Å²) < 4.78 is 12.2. The second-order valence-corrected chi connectivity index (χ2v) is 8.91. The van der Waals surface area contributed by atoms with Crippen LogP contribution in [-0.4, -0.2) is 52.3 Å². The number of alkyl halides is 1. The number of β-lactam (4-membered cyclic amide) rings is 1. The molecule has 4 atom stereocenters. The van der Waals surface area contributed by atoms with Gasteiger partial charge >= 0.3 is 11.9 Å². The highest BCUT2D eigenvalue weighted by Crippen LogP contribution is 2.33. The third-order valence-electron chi connectivity index (χ3n) is 3.73. The van der Waals surface area contributed by atoms with E-state index in [4.69, 9.17) is 17.3 Å². The summed E-state index contributed by atoms with van der Waals surface area (Å²) in [7, 11) is -0.0293. The van der Waals surface area contributed by atoms with E-state index in [-0.39, 0.29) is 16.8 Å². The molecular formula is C15H13BBrN2O6S2. The van der Waals surface area contributed by atoms with Crippen LogP contribution in [0.1, 0.15) is 17.3 Å². The largest absolute Gasteiger partial charge is 0.388 e. The second kappa shape index (κ2) is 8.40. The van der Waals surface area contributed by atoms with Crippen molar-refractivity contribution in [2.75, 3.05) is 0 Å². The number of rotatable bonds is 7. The standard InChI is InChI=1S/C15H13BBrN2O6S2/c1-7(2)11(18-12(20)10(17)13(18)27(16)26)15(22)25-14(21)8-3-5-9(6-4-8)19(23)24/h3-6,10-11,13,16H,1H2,2H3/t10-,11+,13?,27+/m0/s1/i16T. The van der Waals surface area contributed by atoms with Crippen LogP contribution in [0.15, 0.2) is 36.4 Å². The Labute approximate surface area is 172 Å². The van der Waals surface area contributed by atoms with Crippen LogP contribution in [0.25, 0.3) is 0 Å². The van der Waals surface area contributed by atoms with Crippen molar-refractivity contribution < 1.29 is 24.0 Å². The summed E-state index contributed by atoms with van der Waals surface area (Å²) in [6.07, 6.45) is 0. The predicted molar refractivity (Wildman–Crippen MR) is 107 cm³/mol. The van der Waals surface area contributed by atoms with Crippen LogP contribution in [0.5, 0.6) is 0 Å². The Bertz CT molecular complexity index is 884. The molecule has 1 radical (unpaired) electrons. The van der Waals surface area contributed by atoms with Crippen LogP contribution in [0.3, 0.4) is 0 Å². The summed E-state index contributed by atoms with van der Waals surface area (Å²) in [5.41, 5.74) is -0.0211. The van der Waals surface area contributed by atoms with Gasteiger partial charge in [-0.1, -0.05) is 33.7 Å². The van der Waals surface area contributed by atoms with Crippen LogP contribution >= 0.6 is 15.9 Å². The van der Waals surface area contributed by atoms with Gasteiger partial charge in [0.15, 0.2) is 13.1 Å². The molecule has 0 spiro atoms. The zero-order chi connectivity index (χ0) is 21.2. The molecule has 8 nitrogen and oxygen atoms in total. The van der Waals surface area contributed by atoms with Crippen LogP contribution in [-0.2, 0) is 34.8 Å². The topological polar surface area (TPSA) is 107 Å². The molecule has 1 aromatic carbocycles. The van der Waals surface area contributed by atoms with Gasteiger partial charge < -0.3 is 9.64 Å². The number of nitrogens with zero attached hydrogens (tertiary/aromatic N) is 2. The fourth-order valence-corrected chi connectivity index (χ4v) is 5.46. The first-order valence-corrected chi connectivity index (χ1v) is 10.5. The zero-order valence-electron chi connectivity index (χ0n) is 14.9. The number of amides is 1.